The number of imidazole rings is 1. The van der Waals surface area contributed by atoms with Gasteiger partial charge in [-0.2, -0.15) is 0 Å². The van der Waals surface area contributed by atoms with E-state index >= 15 is 0 Å². The Bertz CT molecular complexity index is 910. The van der Waals surface area contributed by atoms with Gasteiger partial charge in [0, 0.05) is 43.4 Å². The number of hydrogen-bond donors (Lipinski definition) is 2. The van der Waals surface area contributed by atoms with E-state index in [0.717, 1.165) is 11.5 Å². The SMILES string of the molecule is O=C(NCCn1ccnc1-c1ccccn1)Nc1ccc2c(c1)OCO2. The molecule has 0 unspecified atom stereocenters. The minimum atomic E-state index is -0.289. The van der Waals surface area contributed by atoms with Gasteiger partial charge in [-0.05, 0) is 24.3 Å². The number of anilines is 1. The van der Waals surface area contributed by atoms with Crippen molar-refractivity contribution in [3.8, 4) is 23.0 Å². The zero-order valence-electron chi connectivity index (χ0n) is 13.9. The summed E-state index contributed by atoms with van der Waals surface area (Å²) in [7, 11) is 0. The van der Waals surface area contributed by atoms with Gasteiger partial charge in [0.05, 0.1) is 0 Å². The van der Waals surface area contributed by atoms with E-state index in [1.165, 1.54) is 0 Å². The molecular weight excluding hydrogens is 334 g/mol. The van der Waals surface area contributed by atoms with E-state index in [0.29, 0.717) is 30.3 Å². The molecule has 26 heavy (non-hydrogen) atoms. The number of carbonyl (C=O) groups excluding carboxylic acids is 1. The maximum Gasteiger partial charge on any atom is 0.319 e. The number of amides is 2. The molecule has 0 radical (unpaired) electrons. The zero-order chi connectivity index (χ0) is 17.8. The number of rotatable bonds is 5. The molecule has 0 saturated heterocycles. The summed E-state index contributed by atoms with van der Waals surface area (Å²) < 4.78 is 12.5. The molecule has 1 aliphatic rings. The molecule has 0 bridgehead atoms. The van der Waals surface area contributed by atoms with Crippen molar-refractivity contribution in [1.82, 2.24) is 19.9 Å². The molecule has 0 atom stereocenters. The standard InChI is InChI=1S/C18H17N5O3/c24-18(22-13-4-5-15-16(11-13)26-12-25-15)21-8-10-23-9-7-20-17(23)14-3-1-2-6-19-14/h1-7,9,11H,8,10,12H2,(H2,21,22,24). The van der Waals surface area contributed by atoms with E-state index in [1.807, 2.05) is 29.0 Å². The molecule has 4 rings (SSSR count). The third-order valence-corrected chi connectivity index (χ3v) is 3.88. The van der Waals surface area contributed by atoms with E-state index in [2.05, 4.69) is 20.6 Å². The van der Waals surface area contributed by atoms with E-state index in [1.54, 1.807) is 30.6 Å². The normalized spacial score (nSPS) is 12.0. The predicted octanol–water partition coefficient (Wildman–Crippen LogP) is 2.50. The van der Waals surface area contributed by atoms with Crippen molar-refractivity contribution in [2.45, 2.75) is 6.54 Å². The van der Waals surface area contributed by atoms with Crippen LogP contribution in [0.4, 0.5) is 10.5 Å². The second-order valence-corrected chi connectivity index (χ2v) is 5.61. The van der Waals surface area contributed by atoms with Crippen molar-refractivity contribution in [1.29, 1.82) is 0 Å². The molecule has 1 aliphatic heterocycles. The minimum Gasteiger partial charge on any atom is -0.454 e. The quantitative estimate of drug-likeness (QED) is 0.737. The van der Waals surface area contributed by atoms with Gasteiger partial charge >= 0.3 is 6.03 Å². The van der Waals surface area contributed by atoms with Crippen LogP contribution < -0.4 is 20.1 Å². The Hall–Kier alpha value is -3.55. The summed E-state index contributed by atoms with van der Waals surface area (Å²) in [6, 6.07) is 10.7. The van der Waals surface area contributed by atoms with Crippen LogP contribution in [0.5, 0.6) is 11.5 Å². The molecule has 8 nitrogen and oxygen atoms in total. The van der Waals surface area contributed by atoms with Crippen LogP contribution >= 0.6 is 0 Å². The maximum absolute atomic E-state index is 12.1. The molecule has 0 aliphatic carbocycles. The monoisotopic (exact) mass is 351 g/mol. The number of fused-ring (bicyclic) bond motifs is 1. The van der Waals surface area contributed by atoms with Gasteiger partial charge in [0.25, 0.3) is 0 Å². The Kier molecular flexibility index (Phi) is 4.38. The molecule has 0 spiro atoms. The number of ether oxygens (including phenoxy) is 2. The minimum absolute atomic E-state index is 0.203. The number of nitrogens with one attached hydrogen (secondary N) is 2. The fourth-order valence-electron chi connectivity index (χ4n) is 2.66. The fraction of sp³-hybridized carbons (Fsp3) is 0.167. The van der Waals surface area contributed by atoms with Gasteiger partial charge in [-0.25, -0.2) is 9.78 Å². The van der Waals surface area contributed by atoms with Gasteiger partial charge in [0.1, 0.15) is 5.69 Å². The van der Waals surface area contributed by atoms with Crippen LogP contribution in [0.2, 0.25) is 0 Å². The first-order valence-electron chi connectivity index (χ1n) is 8.16. The van der Waals surface area contributed by atoms with Crippen molar-refractivity contribution < 1.29 is 14.3 Å². The lowest BCUT2D eigenvalue weighted by molar-refractivity contribution is 0.174. The second kappa shape index (κ2) is 7.14. The molecule has 8 heteroatoms. The molecule has 2 aromatic heterocycles. The van der Waals surface area contributed by atoms with Gasteiger partial charge in [0.15, 0.2) is 17.3 Å². The average Bonchev–Trinajstić information content (AvgIpc) is 3.31. The number of nitrogens with zero attached hydrogens (tertiary/aromatic N) is 3. The molecule has 3 aromatic rings. The molecule has 132 valence electrons. The summed E-state index contributed by atoms with van der Waals surface area (Å²) >= 11 is 0. The Balaban J connectivity index is 1.31. The highest BCUT2D eigenvalue weighted by Gasteiger charge is 2.14. The van der Waals surface area contributed by atoms with Crippen molar-refractivity contribution in [3.05, 3.63) is 55.0 Å². The molecule has 0 saturated carbocycles. The zero-order valence-corrected chi connectivity index (χ0v) is 13.9. The van der Waals surface area contributed by atoms with Gasteiger partial charge in [-0.1, -0.05) is 6.07 Å². The fourth-order valence-corrected chi connectivity index (χ4v) is 2.66. The van der Waals surface area contributed by atoms with Crippen molar-refractivity contribution >= 4 is 11.7 Å². The smallest absolute Gasteiger partial charge is 0.319 e. The lowest BCUT2D eigenvalue weighted by atomic mass is 10.3. The maximum atomic E-state index is 12.1. The van der Waals surface area contributed by atoms with E-state index < -0.39 is 0 Å². The summed E-state index contributed by atoms with van der Waals surface area (Å²) in [6.07, 6.45) is 5.31. The average molecular weight is 351 g/mol. The molecule has 1 aromatic carbocycles. The highest BCUT2D eigenvalue weighted by Crippen LogP contribution is 2.34. The molecule has 2 N–H and O–H groups in total. The van der Waals surface area contributed by atoms with Gasteiger partial charge in [-0.15, -0.1) is 0 Å². The summed E-state index contributed by atoms with van der Waals surface area (Å²) in [5, 5.41) is 5.60. The molecule has 0 fully saturated rings. The van der Waals surface area contributed by atoms with Crippen LogP contribution in [0, 0.1) is 0 Å². The number of urea groups is 1. The largest absolute Gasteiger partial charge is 0.454 e. The van der Waals surface area contributed by atoms with Crippen LogP contribution in [0.15, 0.2) is 55.0 Å². The second-order valence-electron chi connectivity index (χ2n) is 5.61. The first-order valence-corrected chi connectivity index (χ1v) is 8.16. The Labute approximate surface area is 149 Å². The van der Waals surface area contributed by atoms with Crippen molar-refractivity contribution in [2.75, 3.05) is 18.7 Å². The number of hydrogen-bond acceptors (Lipinski definition) is 5. The third-order valence-electron chi connectivity index (χ3n) is 3.88. The lowest BCUT2D eigenvalue weighted by Gasteiger charge is -2.10. The number of benzene rings is 1. The first-order chi connectivity index (χ1) is 12.8. The summed E-state index contributed by atoms with van der Waals surface area (Å²) in [6.45, 7) is 1.24. The highest BCUT2D eigenvalue weighted by molar-refractivity contribution is 5.89. The lowest BCUT2D eigenvalue weighted by Crippen LogP contribution is -2.31. The van der Waals surface area contributed by atoms with Crippen LogP contribution in [0.3, 0.4) is 0 Å². The van der Waals surface area contributed by atoms with Gasteiger partial charge < -0.3 is 24.7 Å². The number of aromatic nitrogens is 3. The van der Waals surface area contributed by atoms with E-state index in [4.69, 9.17) is 9.47 Å². The molecular formula is C18H17N5O3. The van der Waals surface area contributed by atoms with Crippen LogP contribution in [0.25, 0.3) is 11.5 Å². The summed E-state index contributed by atoms with van der Waals surface area (Å²) in [5.74, 6) is 2.07. The van der Waals surface area contributed by atoms with Crippen LogP contribution in [0.1, 0.15) is 0 Å². The number of carbonyl (C=O) groups is 1. The summed E-state index contributed by atoms with van der Waals surface area (Å²) in [5.41, 5.74) is 1.44. The van der Waals surface area contributed by atoms with Crippen LogP contribution in [-0.2, 0) is 6.54 Å². The Morgan fingerprint density at radius 1 is 1.12 bits per heavy atom. The van der Waals surface area contributed by atoms with E-state index in [-0.39, 0.29) is 12.8 Å². The van der Waals surface area contributed by atoms with Gasteiger partial charge in [0.2, 0.25) is 6.79 Å². The third kappa shape index (κ3) is 3.44. The van der Waals surface area contributed by atoms with E-state index in [9.17, 15) is 4.79 Å². The van der Waals surface area contributed by atoms with Crippen molar-refractivity contribution in [2.24, 2.45) is 0 Å². The predicted molar refractivity (Wildman–Crippen MR) is 95.0 cm³/mol. The highest BCUT2D eigenvalue weighted by atomic mass is 16.7. The Morgan fingerprint density at radius 2 is 2.04 bits per heavy atom. The summed E-state index contributed by atoms with van der Waals surface area (Å²) in [4.78, 5) is 20.7. The topological polar surface area (TPSA) is 90.3 Å². The van der Waals surface area contributed by atoms with Crippen LogP contribution in [-0.4, -0.2) is 33.9 Å². The molecule has 2 amide bonds. The van der Waals surface area contributed by atoms with Gasteiger partial charge in [-0.3, -0.25) is 4.98 Å². The first kappa shape index (κ1) is 15.9. The number of pyridine rings is 1. The van der Waals surface area contributed by atoms with Crippen molar-refractivity contribution in [3.63, 3.8) is 0 Å². The molecule has 3 heterocycles. The Morgan fingerprint density at radius 3 is 2.92 bits per heavy atom.